The van der Waals surface area contributed by atoms with Crippen LogP contribution in [0.4, 0.5) is 0 Å². The molecule has 0 radical (unpaired) electrons. The van der Waals surface area contributed by atoms with Gasteiger partial charge in [-0.1, -0.05) is 31.2 Å². The molecule has 140 valence electrons. The SMILES string of the molecule is CCc1ccc(C(=O)N2CCN(C(=O)c3cccc(B(O)O)c3)CC2)cc1. The zero-order valence-corrected chi connectivity index (χ0v) is 15.3. The van der Waals surface area contributed by atoms with E-state index in [1.807, 2.05) is 24.3 Å². The van der Waals surface area contributed by atoms with Gasteiger partial charge >= 0.3 is 7.12 Å². The first-order valence-corrected chi connectivity index (χ1v) is 9.13. The van der Waals surface area contributed by atoms with Crippen molar-refractivity contribution in [2.75, 3.05) is 26.2 Å². The van der Waals surface area contributed by atoms with E-state index in [9.17, 15) is 19.6 Å². The van der Waals surface area contributed by atoms with E-state index in [4.69, 9.17) is 0 Å². The molecule has 0 saturated carbocycles. The van der Waals surface area contributed by atoms with Crippen molar-refractivity contribution >= 4 is 24.4 Å². The van der Waals surface area contributed by atoms with Crippen molar-refractivity contribution in [3.63, 3.8) is 0 Å². The van der Waals surface area contributed by atoms with Gasteiger partial charge in [0, 0.05) is 37.3 Å². The van der Waals surface area contributed by atoms with Gasteiger partial charge < -0.3 is 19.8 Å². The molecule has 1 heterocycles. The van der Waals surface area contributed by atoms with Crippen molar-refractivity contribution < 1.29 is 19.6 Å². The third kappa shape index (κ3) is 4.38. The Bertz CT molecular complexity index is 815. The normalized spacial score (nSPS) is 14.2. The summed E-state index contributed by atoms with van der Waals surface area (Å²) in [5, 5.41) is 18.5. The highest BCUT2D eigenvalue weighted by molar-refractivity contribution is 6.58. The first-order valence-electron chi connectivity index (χ1n) is 9.13. The molecule has 0 aliphatic carbocycles. The molecular weight excluding hydrogens is 343 g/mol. The van der Waals surface area contributed by atoms with Crippen molar-refractivity contribution in [2.45, 2.75) is 13.3 Å². The standard InChI is InChI=1S/C20H23BN2O4/c1-2-15-6-8-16(9-7-15)19(24)22-10-12-23(13-11-22)20(25)17-4-3-5-18(14-17)21(26)27/h3-9,14,26-27H,2,10-13H2,1H3. The van der Waals surface area contributed by atoms with Crippen LogP contribution in [0.2, 0.25) is 0 Å². The van der Waals surface area contributed by atoms with Crippen LogP contribution in [-0.4, -0.2) is 65.0 Å². The number of aryl methyl sites for hydroxylation is 1. The summed E-state index contributed by atoms with van der Waals surface area (Å²) < 4.78 is 0. The molecule has 6 nitrogen and oxygen atoms in total. The number of carbonyl (C=O) groups excluding carboxylic acids is 2. The molecule has 27 heavy (non-hydrogen) atoms. The molecule has 1 aliphatic rings. The number of hydrogen-bond donors (Lipinski definition) is 2. The van der Waals surface area contributed by atoms with Crippen molar-refractivity contribution in [1.82, 2.24) is 9.80 Å². The van der Waals surface area contributed by atoms with Crippen LogP contribution in [0.5, 0.6) is 0 Å². The monoisotopic (exact) mass is 366 g/mol. The van der Waals surface area contributed by atoms with Gasteiger partial charge in [-0.15, -0.1) is 0 Å². The summed E-state index contributed by atoms with van der Waals surface area (Å²) in [5.74, 6) is -0.188. The summed E-state index contributed by atoms with van der Waals surface area (Å²) >= 11 is 0. The molecule has 1 aliphatic heterocycles. The minimum Gasteiger partial charge on any atom is -0.423 e. The maximum Gasteiger partial charge on any atom is 0.488 e. The third-order valence-corrected chi connectivity index (χ3v) is 4.89. The van der Waals surface area contributed by atoms with Gasteiger partial charge in [-0.05, 0) is 41.7 Å². The van der Waals surface area contributed by atoms with Gasteiger partial charge in [0.25, 0.3) is 11.8 Å². The minimum absolute atomic E-state index is 0.0184. The van der Waals surface area contributed by atoms with E-state index in [2.05, 4.69) is 6.92 Å². The summed E-state index contributed by atoms with van der Waals surface area (Å²) in [5.41, 5.74) is 2.55. The fourth-order valence-electron chi connectivity index (χ4n) is 3.19. The number of carbonyl (C=O) groups is 2. The van der Waals surface area contributed by atoms with Gasteiger partial charge in [-0.25, -0.2) is 0 Å². The van der Waals surface area contributed by atoms with Crippen LogP contribution in [0.1, 0.15) is 33.2 Å². The lowest BCUT2D eigenvalue weighted by molar-refractivity contribution is 0.0535. The Balaban J connectivity index is 1.61. The Labute approximate surface area is 159 Å². The van der Waals surface area contributed by atoms with Gasteiger partial charge in [0.2, 0.25) is 0 Å². The predicted octanol–water partition coefficient (Wildman–Crippen LogP) is 0.527. The van der Waals surface area contributed by atoms with Crippen LogP contribution in [0.15, 0.2) is 48.5 Å². The van der Waals surface area contributed by atoms with Crippen LogP contribution >= 0.6 is 0 Å². The highest BCUT2D eigenvalue weighted by Gasteiger charge is 2.26. The molecular formula is C20H23BN2O4. The van der Waals surface area contributed by atoms with E-state index < -0.39 is 7.12 Å². The third-order valence-electron chi connectivity index (χ3n) is 4.89. The molecule has 1 fully saturated rings. The van der Waals surface area contributed by atoms with Gasteiger partial charge in [0.05, 0.1) is 0 Å². The second-order valence-corrected chi connectivity index (χ2v) is 6.63. The van der Waals surface area contributed by atoms with E-state index in [1.54, 1.807) is 28.0 Å². The first-order chi connectivity index (χ1) is 13.0. The summed E-state index contributed by atoms with van der Waals surface area (Å²) in [4.78, 5) is 28.7. The molecule has 0 aromatic heterocycles. The lowest BCUT2D eigenvalue weighted by atomic mass is 9.79. The molecule has 7 heteroatoms. The first kappa shape index (κ1) is 19.1. The Morgan fingerprint density at radius 1 is 0.889 bits per heavy atom. The number of benzene rings is 2. The molecule has 2 aromatic carbocycles. The summed E-state index contributed by atoms with van der Waals surface area (Å²) in [7, 11) is -1.61. The fourth-order valence-corrected chi connectivity index (χ4v) is 3.19. The van der Waals surface area contributed by atoms with Crippen molar-refractivity contribution in [1.29, 1.82) is 0 Å². The minimum atomic E-state index is -1.61. The van der Waals surface area contributed by atoms with Crippen molar-refractivity contribution in [3.05, 3.63) is 65.2 Å². The average Bonchev–Trinajstić information content (AvgIpc) is 2.73. The summed E-state index contributed by atoms with van der Waals surface area (Å²) in [6, 6.07) is 14.0. The van der Waals surface area contributed by atoms with Crippen LogP contribution < -0.4 is 5.46 Å². The lowest BCUT2D eigenvalue weighted by Gasteiger charge is -2.35. The van der Waals surface area contributed by atoms with E-state index in [-0.39, 0.29) is 17.3 Å². The smallest absolute Gasteiger partial charge is 0.423 e. The van der Waals surface area contributed by atoms with Crippen LogP contribution in [-0.2, 0) is 6.42 Å². The highest BCUT2D eigenvalue weighted by atomic mass is 16.4. The predicted molar refractivity (Wildman–Crippen MR) is 104 cm³/mol. The number of piperazine rings is 1. The quantitative estimate of drug-likeness (QED) is 0.774. The number of rotatable bonds is 4. The molecule has 3 rings (SSSR count). The van der Waals surface area contributed by atoms with Crippen LogP contribution in [0.3, 0.4) is 0 Å². The molecule has 2 amide bonds. The lowest BCUT2D eigenvalue weighted by Crippen LogP contribution is -2.50. The number of amides is 2. The summed E-state index contributed by atoms with van der Waals surface area (Å²) in [6.07, 6.45) is 0.934. The van der Waals surface area contributed by atoms with Crippen LogP contribution in [0.25, 0.3) is 0 Å². The van der Waals surface area contributed by atoms with E-state index in [1.165, 1.54) is 11.6 Å². The second kappa shape index (κ2) is 8.37. The molecule has 0 bridgehead atoms. The zero-order chi connectivity index (χ0) is 19.4. The van der Waals surface area contributed by atoms with Crippen molar-refractivity contribution in [3.8, 4) is 0 Å². The molecule has 0 atom stereocenters. The zero-order valence-electron chi connectivity index (χ0n) is 15.3. The fraction of sp³-hybridized carbons (Fsp3) is 0.300. The molecule has 0 spiro atoms. The Hall–Kier alpha value is -2.64. The molecule has 2 N–H and O–H groups in total. The van der Waals surface area contributed by atoms with E-state index >= 15 is 0 Å². The van der Waals surface area contributed by atoms with E-state index in [0.29, 0.717) is 37.3 Å². The number of nitrogens with zero attached hydrogens (tertiary/aromatic N) is 2. The van der Waals surface area contributed by atoms with Gasteiger partial charge in [-0.2, -0.15) is 0 Å². The highest BCUT2D eigenvalue weighted by Crippen LogP contribution is 2.13. The Morgan fingerprint density at radius 2 is 1.44 bits per heavy atom. The van der Waals surface area contributed by atoms with Gasteiger partial charge in [0.1, 0.15) is 0 Å². The molecule has 0 unspecified atom stereocenters. The topological polar surface area (TPSA) is 81.1 Å². The second-order valence-electron chi connectivity index (χ2n) is 6.63. The maximum absolute atomic E-state index is 12.7. The number of hydrogen-bond acceptors (Lipinski definition) is 4. The maximum atomic E-state index is 12.7. The largest absolute Gasteiger partial charge is 0.488 e. The Kier molecular flexibility index (Phi) is 5.93. The van der Waals surface area contributed by atoms with E-state index in [0.717, 1.165) is 6.42 Å². The van der Waals surface area contributed by atoms with Gasteiger partial charge in [0.15, 0.2) is 0 Å². The van der Waals surface area contributed by atoms with Crippen molar-refractivity contribution in [2.24, 2.45) is 0 Å². The van der Waals surface area contributed by atoms with Gasteiger partial charge in [-0.3, -0.25) is 9.59 Å². The summed E-state index contributed by atoms with van der Waals surface area (Å²) in [6.45, 7) is 3.92. The molecule has 2 aromatic rings. The molecule has 1 saturated heterocycles. The average molecular weight is 366 g/mol. The van der Waals surface area contributed by atoms with Crippen LogP contribution in [0, 0.1) is 0 Å². The Morgan fingerprint density at radius 3 is 1.96 bits per heavy atom.